The van der Waals surface area contributed by atoms with E-state index in [4.69, 9.17) is 5.84 Å². The predicted octanol–water partition coefficient (Wildman–Crippen LogP) is 2.25. The van der Waals surface area contributed by atoms with E-state index in [-0.39, 0.29) is 5.91 Å². The van der Waals surface area contributed by atoms with E-state index in [1.807, 2.05) is 24.3 Å². The van der Waals surface area contributed by atoms with E-state index in [1.165, 1.54) is 11.1 Å². The minimum atomic E-state index is -0.118. The van der Waals surface area contributed by atoms with Crippen LogP contribution < -0.4 is 16.6 Å². The van der Waals surface area contributed by atoms with Crippen molar-refractivity contribution in [3.63, 3.8) is 0 Å². The molecule has 0 radical (unpaired) electrons. The second-order valence-corrected chi connectivity index (χ2v) is 4.62. The summed E-state index contributed by atoms with van der Waals surface area (Å²) in [6.07, 6.45) is 0.816. The first-order valence-electron chi connectivity index (χ1n) is 6.60. The molecular weight excluding hydrogens is 250 g/mol. The minimum Gasteiger partial charge on any atom is -0.352 e. The van der Waals surface area contributed by atoms with Crippen LogP contribution in [0.1, 0.15) is 21.5 Å². The van der Waals surface area contributed by atoms with Gasteiger partial charge in [0, 0.05) is 6.54 Å². The number of hydrogen-bond donors (Lipinski definition) is 3. The van der Waals surface area contributed by atoms with Gasteiger partial charge >= 0.3 is 0 Å². The second-order valence-electron chi connectivity index (χ2n) is 4.62. The van der Waals surface area contributed by atoms with Crippen LogP contribution in [-0.2, 0) is 6.42 Å². The predicted molar refractivity (Wildman–Crippen MR) is 81.5 cm³/mol. The lowest BCUT2D eigenvalue weighted by molar-refractivity contribution is 0.0955. The van der Waals surface area contributed by atoms with Crippen LogP contribution in [0.3, 0.4) is 0 Å². The molecule has 0 fully saturated rings. The Morgan fingerprint density at radius 2 is 1.80 bits per heavy atom. The van der Waals surface area contributed by atoms with Gasteiger partial charge in [0.15, 0.2) is 0 Å². The Labute approximate surface area is 119 Å². The number of amides is 1. The molecule has 0 unspecified atom stereocenters. The number of nitrogens with one attached hydrogen (secondary N) is 2. The van der Waals surface area contributed by atoms with Crippen molar-refractivity contribution in [2.45, 2.75) is 13.3 Å². The molecule has 2 rings (SSSR count). The first-order chi connectivity index (χ1) is 9.72. The van der Waals surface area contributed by atoms with Crippen molar-refractivity contribution in [1.29, 1.82) is 0 Å². The Kier molecular flexibility index (Phi) is 4.74. The highest BCUT2D eigenvalue weighted by molar-refractivity contribution is 5.99. The van der Waals surface area contributed by atoms with Gasteiger partial charge in [0.2, 0.25) is 0 Å². The van der Waals surface area contributed by atoms with Gasteiger partial charge in [-0.1, -0.05) is 36.4 Å². The fourth-order valence-corrected chi connectivity index (χ4v) is 2.10. The average Bonchev–Trinajstić information content (AvgIpc) is 2.49. The third-order valence-electron chi connectivity index (χ3n) is 3.27. The summed E-state index contributed by atoms with van der Waals surface area (Å²) in [6.45, 7) is 2.67. The number of hydrazine groups is 1. The second kappa shape index (κ2) is 6.73. The van der Waals surface area contributed by atoms with Gasteiger partial charge in [-0.15, -0.1) is 0 Å². The Hall–Kier alpha value is -2.33. The third kappa shape index (κ3) is 3.36. The van der Waals surface area contributed by atoms with E-state index >= 15 is 0 Å². The van der Waals surface area contributed by atoms with Crippen molar-refractivity contribution in [3.05, 3.63) is 65.2 Å². The molecule has 2 aromatic carbocycles. The van der Waals surface area contributed by atoms with Crippen LogP contribution in [0.2, 0.25) is 0 Å². The molecule has 104 valence electrons. The summed E-state index contributed by atoms with van der Waals surface area (Å²) in [4.78, 5) is 12.1. The van der Waals surface area contributed by atoms with E-state index in [1.54, 1.807) is 12.1 Å². The average molecular weight is 269 g/mol. The van der Waals surface area contributed by atoms with E-state index in [0.717, 1.165) is 6.42 Å². The number of carbonyl (C=O) groups excluding carboxylic acids is 1. The van der Waals surface area contributed by atoms with Crippen molar-refractivity contribution in [2.24, 2.45) is 5.84 Å². The summed E-state index contributed by atoms with van der Waals surface area (Å²) < 4.78 is 0. The molecule has 20 heavy (non-hydrogen) atoms. The molecule has 0 heterocycles. The van der Waals surface area contributed by atoms with Crippen LogP contribution in [0.15, 0.2) is 48.5 Å². The van der Waals surface area contributed by atoms with Crippen LogP contribution >= 0.6 is 0 Å². The molecule has 4 N–H and O–H groups in total. The van der Waals surface area contributed by atoms with E-state index < -0.39 is 0 Å². The first-order valence-corrected chi connectivity index (χ1v) is 6.60. The molecular formula is C16H19N3O. The van der Waals surface area contributed by atoms with Gasteiger partial charge in [-0.3, -0.25) is 10.6 Å². The van der Waals surface area contributed by atoms with Crippen molar-refractivity contribution in [3.8, 4) is 0 Å². The Morgan fingerprint density at radius 1 is 1.10 bits per heavy atom. The van der Waals surface area contributed by atoms with Gasteiger partial charge < -0.3 is 10.7 Å². The lowest BCUT2D eigenvalue weighted by atomic mass is 10.1. The highest BCUT2D eigenvalue weighted by Gasteiger charge is 2.09. The fourth-order valence-electron chi connectivity index (χ4n) is 2.10. The van der Waals surface area contributed by atoms with Gasteiger partial charge in [0.25, 0.3) is 5.91 Å². The maximum atomic E-state index is 12.1. The van der Waals surface area contributed by atoms with E-state index in [0.29, 0.717) is 17.8 Å². The number of benzene rings is 2. The van der Waals surface area contributed by atoms with Crippen molar-refractivity contribution in [2.75, 3.05) is 12.0 Å². The summed E-state index contributed by atoms with van der Waals surface area (Å²) in [5, 5.41) is 2.91. The molecule has 4 nitrogen and oxygen atoms in total. The Bertz CT molecular complexity index is 596. The number of rotatable bonds is 5. The number of aryl methyl sites for hydroxylation is 1. The monoisotopic (exact) mass is 269 g/mol. The summed E-state index contributed by atoms with van der Waals surface area (Å²) in [5.74, 6) is 5.28. The number of hydrogen-bond acceptors (Lipinski definition) is 3. The molecule has 0 spiro atoms. The number of nitrogen functional groups attached to an aromatic ring is 1. The standard InChI is InChI=1S/C16H19N3O/c1-12-6-2-3-7-13(12)10-11-18-16(20)14-8-4-5-9-15(14)19-17/h2-9,19H,10-11,17H2,1H3,(H,18,20). The molecule has 0 aliphatic carbocycles. The van der Waals surface area contributed by atoms with Crippen LogP contribution in [-0.4, -0.2) is 12.5 Å². The molecule has 0 aliphatic heterocycles. The van der Waals surface area contributed by atoms with Gasteiger partial charge in [0.05, 0.1) is 11.3 Å². The number of anilines is 1. The largest absolute Gasteiger partial charge is 0.352 e. The molecule has 0 atom stereocenters. The zero-order chi connectivity index (χ0) is 14.4. The van der Waals surface area contributed by atoms with Crippen LogP contribution in [0.5, 0.6) is 0 Å². The normalized spacial score (nSPS) is 10.1. The fraction of sp³-hybridized carbons (Fsp3) is 0.188. The van der Waals surface area contributed by atoms with Crippen molar-refractivity contribution >= 4 is 11.6 Å². The summed E-state index contributed by atoms with van der Waals surface area (Å²) in [6, 6.07) is 15.4. The van der Waals surface area contributed by atoms with Crippen LogP contribution in [0, 0.1) is 6.92 Å². The summed E-state index contributed by atoms with van der Waals surface area (Å²) in [5.41, 5.74) is 6.20. The lowest BCUT2D eigenvalue weighted by Gasteiger charge is -2.10. The quantitative estimate of drug-likeness (QED) is 0.576. The van der Waals surface area contributed by atoms with Gasteiger partial charge in [-0.25, -0.2) is 0 Å². The molecule has 0 saturated carbocycles. The SMILES string of the molecule is Cc1ccccc1CCNC(=O)c1ccccc1NN. The number of nitrogens with two attached hydrogens (primary N) is 1. The lowest BCUT2D eigenvalue weighted by Crippen LogP contribution is -2.27. The molecule has 2 aromatic rings. The highest BCUT2D eigenvalue weighted by atomic mass is 16.1. The Balaban J connectivity index is 1.94. The Morgan fingerprint density at radius 3 is 2.55 bits per heavy atom. The number of carbonyl (C=O) groups is 1. The topological polar surface area (TPSA) is 67.2 Å². The molecule has 0 bridgehead atoms. The first kappa shape index (κ1) is 14.1. The maximum Gasteiger partial charge on any atom is 0.253 e. The number of para-hydroxylation sites is 1. The molecule has 1 amide bonds. The van der Waals surface area contributed by atoms with Crippen LogP contribution in [0.25, 0.3) is 0 Å². The zero-order valence-corrected chi connectivity index (χ0v) is 11.5. The zero-order valence-electron chi connectivity index (χ0n) is 11.5. The smallest absolute Gasteiger partial charge is 0.253 e. The molecule has 0 aromatic heterocycles. The van der Waals surface area contributed by atoms with Crippen LogP contribution in [0.4, 0.5) is 5.69 Å². The van der Waals surface area contributed by atoms with E-state index in [9.17, 15) is 4.79 Å². The van der Waals surface area contributed by atoms with Crippen molar-refractivity contribution < 1.29 is 4.79 Å². The van der Waals surface area contributed by atoms with Gasteiger partial charge in [-0.2, -0.15) is 0 Å². The summed E-state index contributed by atoms with van der Waals surface area (Å²) in [7, 11) is 0. The maximum absolute atomic E-state index is 12.1. The highest BCUT2D eigenvalue weighted by Crippen LogP contribution is 2.13. The van der Waals surface area contributed by atoms with E-state index in [2.05, 4.69) is 29.8 Å². The third-order valence-corrected chi connectivity index (χ3v) is 3.27. The molecule has 0 aliphatic rings. The minimum absolute atomic E-state index is 0.118. The van der Waals surface area contributed by atoms with Gasteiger partial charge in [0.1, 0.15) is 0 Å². The molecule has 0 saturated heterocycles. The van der Waals surface area contributed by atoms with Crippen molar-refractivity contribution in [1.82, 2.24) is 5.32 Å². The molecule has 4 heteroatoms. The van der Waals surface area contributed by atoms with Gasteiger partial charge in [-0.05, 0) is 36.6 Å². The summed E-state index contributed by atoms with van der Waals surface area (Å²) >= 11 is 0.